The smallest absolute Gasteiger partial charge is 0.102 e. The molecule has 0 saturated carbocycles. The van der Waals surface area contributed by atoms with Crippen molar-refractivity contribution in [1.82, 2.24) is 4.98 Å². The highest BCUT2D eigenvalue weighted by Crippen LogP contribution is 2.20. The molecule has 2 N–H and O–H groups in total. The molecule has 21 heavy (non-hydrogen) atoms. The summed E-state index contributed by atoms with van der Waals surface area (Å²) in [7, 11) is 0. The highest BCUT2D eigenvalue weighted by atomic mass is 16.3. The monoisotopic (exact) mass is 279 g/mol. The number of nitrogens with zero attached hydrogens (tertiary/aromatic N) is 1. The summed E-state index contributed by atoms with van der Waals surface area (Å²) in [5.41, 5.74) is 2.91. The van der Waals surface area contributed by atoms with Crippen LogP contribution in [0.5, 0.6) is 0 Å². The maximum absolute atomic E-state index is 9.59. The minimum atomic E-state index is -0.810. The molecule has 0 aliphatic heterocycles. The van der Waals surface area contributed by atoms with Crippen molar-refractivity contribution in [2.24, 2.45) is 0 Å². The van der Waals surface area contributed by atoms with Crippen LogP contribution in [0.1, 0.15) is 22.9 Å². The fraction of sp³-hybridized carbons (Fsp3) is 0.167. The zero-order valence-electron chi connectivity index (χ0n) is 11.6. The van der Waals surface area contributed by atoms with Gasteiger partial charge in [-0.1, -0.05) is 48.5 Å². The highest BCUT2D eigenvalue weighted by molar-refractivity contribution is 5.84. The van der Waals surface area contributed by atoms with Gasteiger partial charge in [-0.3, -0.25) is 4.98 Å². The van der Waals surface area contributed by atoms with Gasteiger partial charge in [-0.15, -0.1) is 0 Å². The molecule has 3 aromatic rings. The van der Waals surface area contributed by atoms with E-state index < -0.39 is 6.10 Å². The van der Waals surface area contributed by atoms with Crippen molar-refractivity contribution >= 4 is 10.8 Å². The largest absolute Gasteiger partial charge is 0.393 e. The maximum atomic E-state index is 9.59. The van der Waals surface area contributed by atoms with Crippen molar-refractivity contribution in [2.45, 2.75) is 12.5 Å². The Labute approximate surface area is 123 Å². The van der Waals surface area contributed by atoms with E-state index in [4.69, 9.17) is 5.11 Å². The summed E-state index contributed by atoms with van der Waals surface area (Å²) in [6.07, 6.45) is 1.77. The van der Waals surface area contributed by atoms with E-state index in [0.29, 0.717) is 0 Å². The number of rotatable bonds is 4. The number of fused-ring (bicyclic) bond motifs is 1. The first-order valence-electron chi connectivity index (χ1n) is 6.98. The standard InChI is InChI=1S/C18H17NO2/c20-12-18(21)15-7-5-13(6-8-15)11-17-16-4-2-1-3-14(16)9-10-19-17/h1-10,18,20-21H,11-12H2. The zero-order valence-corrected chi connectivity index (χ0v) is 11.6. The number of aliphatic hydroxyl groups excluding tert-OH is 2. The first-order valence-corrected chi connectivity index (χ1v) is 6.98. The van der Waals surface area contributed by atoms with Gasteiger partial charge < -0.3 is 10.2 Å². The van der Waals surface area contributed by atoms with Gasteiger partial charge in [0.15, 0.2) is 0 Å². The summed E-state index contributed by atoms with van der Waals surface area (Å²) in [5, 5.41) is 20.9. The fourth-order valence-corrected chi connectivity index (χ4v) is 2.48. The average molecular weight is 279 g/mol. The van der Waals surface area contributed by atoms with E-state index in [1.807, 2.05) is 48.7 Å². The molecule has 106 valence electrons. The van der Waals surface area contributed by atoms with Gasteiger partial charge in [0.1, 0.15) is 6.10 Å². The molecule has 2 aromatic carbocycles. The Morgan fingerprint density at radius 3 is 2.48 bits per heavy atom. The summed E-state index contributed by atoms with van der Waals surface area (Å²) < 4.78 is 0. The van der Waals surface area contributed by atoms with Crippen molar-refractivity contribution in [3.8, 4) is 0 Å². The van der Waals surface area contributed by atoms with E-state index >= 15 is 0 Å². The molecule has 0 aliphatic carbocycles. The topological polar surface area (TPSA) is 53.4 Å². The molecule has 0 saturated heterocycles. The minimum absolute atomic E-state index is 0.260. The van der Waals surface area contributed by atoms with Crippen LogP contribution in [0, 0.1) is 0 Å². The van der Waals surface area contributed by atoms with Crippen molar-refractivity contribution < 1.29 is 10.2 Å². The number of hydrogen-bond donors (Lipinski definition) is 2. The second kappa shape index (κ2) is 6.04. The number of pyridine rings is 1. The molecule has 1 heterocycles. The van der Waals surface area contributed by atoms with E-state index in [0.717, 1.165) is 23.2 Å². The van der Waals surface area contributed by atoms with Gasteiger partial charge in [0.05, 0.1) is 12.3 Å². The Balaban J connectivity index is 1.88. The molecule has 0 spiro atoms. The third-order valence-electron chi connectivity index (χ3n) is 3.67. The van der Waals surface area contributed by atoms with Crippen molar-refractivity contribution in [3.63, 3.8) is 0 Å². The van der Waals surface area contributed by atoms with Crippen LogP contribution in [0.4, 0.5) is 0 Å². The SMILES string of the molecule is OCC(O)c1ccc(Cc2nccc3ccccc23)cc1. The Bertz CT molecular complexity index is 732. The molecular formula is C18H17NO2. The first kappa shape index (κ1) is 13.7. The summed E-state index contributed by atoms with van der Waals surface area (Å²) in [5.74, 6) is 0. The molecule has 0 fully saturated rings. The third-order valence-corrected chi connectivity index (χ3v) is 3.67. The summed E-state index contributed by atoms with van der Waals surface area (Å²) >= 11 is 0. The average Bonchev–Trinajstić information content (AvgIpc) is 2.55. The molecule has 0 aliphatic rings. The normalized spacial score (nSPS) is 12.5. The lowest BCUT2D eigenvalue weighted by molar-refractivity contribution is 0.0956. The van der Waals surface area contributed by atoms with Gasteiger partial charge in [0, 0.05) is 18.0 Å². The number of hydrogen-bond acceptors (Lipinski definition) is 3. The summed E-state index contributed by atoms with van der Waals surface area (Å²) in [6.45, 7) is -0.260. The molecular weight excluding hydrogens is 262 g/mol. The van der Waals surface area contributed by atoms with Crippen molar-refractivity contribution in [3.05, 3.63) is 77.6 Å². The van der Waals surface area contributed by atoms with E-state index in [9.17, 15) is 5.11 Å². The van der Waals surface area contributed by atoms with Gasteiger partial charge in [0.2, 0.25) is 0 Å². The number of aromatic nitrogens is 1. The third kappa shape index (κ3) is 2.94. The Morgan fingerprint density at radius 2 is 1.71 bits per heavy atom. The zero-order chi connectivity index (χ0) is 14.7. The lowest BCUT2D eigenvalue weighted by Gasteiger charge is -2.09. The van der Waals surface area contributed by atoms with E-state index in [-0.39, 0.29) is 6.61 Å². The van der Waals surface area contributed by atoms with Gasteiger partial charge in [-0.2, -0.15) is 0 Å². The molecule has 0 amide bonds. The van der Waals surface area contributed by atoms with Crippen LogP contribution in [-0.2, 0) is 6.42 Å². The van der Waals surface area contributed by atoms with Crippen LogP contribution in [-0.4, -0.2) is 21.8 Å². The Kier molecular flexibility index (Phi) is 3.95. The fourth-order valence-electron chi connectivity index (χ4n) is 2.48. The van der Waals surface area contributed by atoms with Crippen LogP contribution >= 0.6 is 0 Å². The predicted octanol–water partition coefficient (Wildman–Crippen LogP) is 2.85. The maximum Gasteiger partial charge on any atom is 0.102 e. The summed E-state index contributed by atoms with van der Waals surface area (Å²) in [4.78, 5) is 4.49. The van der Waals surface area contributed by atoms with E-state index in [2.05, 4.69) is 17.1 Å². The van der Waals surface area contributed by atoms with E-state index in [1.165, 1.54) is 10.8 Å². The van der Waals surface area contributed by atoms with Gasteiger partial charge in [-0.25, -0.2) is 0 Å². The lowest BCUT2D eigenvalue weighted by Crippen LogP contribution is -2.02. The molecule has 0 radical (unpaired) electrons. The Hall–Kier alpha value is -2.23. The van der Waals surface area contributed by atoms with Crippen molar-refractivity contribution in [2.75, 3.05) is 6.61 Å². The predicted molar refractivity (Wildman–Crippen MR) is 83.0 cm³/mol. The Morgan fingerprint density at radius 1 is 0.952 bits per heavy atom. The van der Waals surface area contributed by atoms with Crippen LogP contribution < -0.4 is 0 Å². The van der Waals surface area contributed by atoms with Crippen LogP contribution in [0.3, 0.4) is 0 Å². The van der Waals surface area contributed by atoms with Gasteiger partial charge in [0.25, 0.3) is 0 Å². The molecule has 3 rings (SSSR count). The van der Waals surface area contributed by atoms with Crippen molar-refractivity contribution in [1.29, 1.82) is 0 Å². The second-order valence-electron chi connectivity index (χ2n) is 5.10. The van der Waals surface area contributed by atoms with Crippen LogP contribution in [0.2, 0.25) is 0 Å². The number of aliphatic hydroxyl groups is 2. The first-order chi connectivity index (χ1) is 10.3. The minimum Gasteiger partial charge on any atom is -0.393 e. The molecule has 3 nitrogen and oxygen atoms in total. The molecule has 1 aromatic heterocycles. The van der Waals surface area contributed by atoms with Gasteiger partial charge in [-0.05, 0) is 22.6 Å². The molecule has 0 bridgehead atoms. The molecule has 1 atom stereocenters. The second-order valence-corrected chi connectivity index (χ2v) is 5.10. The van der Waals surface area contributed by atoms with E-state index in [1.54, 1.807) is 0 Å². The lowest BCUT2D eigenvalue weighted by atomic mass is 10.0. The number of benzene rings is 2. The van der Waals surface area contributed by atoms with Gasteiger partial charge >= 0.3 is 0 Å². The molecule has 1 unspecified atom stereocenters. The van der Waals surface area contributed by atoms with Crippen LogP contribution in [0.25, 0.3) is 10.8 Å². The summed E-state index contributed by atoms with van der Waals surface area (Å²) in [6, 6.07) is 17.9. The molecule has 3 heteroatoms. The van der Waals surface area contributed by atoms with Crippen LogP contribution in [0.15, 0.2) is 60.8 Å². The highest BCUT2D eigenvalue weighted by Gasteiger charge is 2.07. The quantitative estimate of drug-likeness (QED) is 0.772.